The summed E-state index contributed by atoms with van der Waals surface area (Å²) in [4.78, 5) is 28.8. The number of aromatic nitrogens is 4. The molecule has 100 valence electrons. The average molecular weight is 269 g/mol. The summed E-state index contributed by atoms with van der Waals surface area (Å²) in [6, 6.07) is 9.65. The van der Waals surface area contributed by atoms with Gasteiger partial charge < -0.3 is 5.32 Å². The standard InChI is InChI=1S/C13H11N5O2/c19-12-11(17-18-13(20)16-12)15-7-9-4-1-3-8-5-2-6-14-10(8)9/h1-6H,7H2,(H,15,17)(H2,16,18,19,20). The van der Waals surface area contributed by atoms with Gasteiger partial charge in [-0.15, -0.1) is 5.10 Å². The quantitative estimate of drug-likeness (QED) is 0.646. The van der Waals surface area contributed by atoms with E-state index in [9.17, 15) is 9.59 Å². The van der Waals surface area contributed by atoms with Crippen molar-refractivity contribution >= 4 is 16.7 Å². The van der Waals surface area contributed by atoms with E-state index in [4.69, 9.17) is 0 Å². The molecule has 2 heterocycles. The maximum absolute atomic E-state index is 11.5. The van der Waals surface area contributed by atoms with Gasteiger partial charge in [0.25, 0.3) is 5.56 Å². The second kappa shape index (κ2) is 4.96. The number of hydrogen-bond acceptors (Lipinski definition) is 5. The highest BCUT2D eigenvalue weighted by atomic mass is 16.2. The smallest absolute Gasteiger partial charge is 0.342 e. The second-order valence-corrected chi connectivity index (χ2v) is 4.20. The first-order valence-electron chi connectivity index (χ1n) is 5.99. The Morgan fingerprint density at radius 1 is 1.15 bits per heavy atom. The monoisotopic (exact) mass is 269 g/mol. The van der Waals surface area contributed by atoms with Crippen molar-refractivity contribution in [3.63, 3.8) is 0 Å². The minimum Gasteiger partial charge on any atom is -0.360 e. The molecule has 0 saturated heterocycles. The van der Waals surface area contributed by atoms with Crippen LogP contribution in [0.3, 0.4) is 0 Å². The van der Waals surface area contributed by atoms with Crippen LogP contribution >= 0.6 is 0 Å². The largest absolute Gasteiger partial charge is 0.360 e. The maximum Gasteiger partial charge on any atom is 0.342 e. The van der Waals surface area contributed by atoms with Crippen molar-refractivity contribution in [3.05, 3.63) is 62.9 Å². The summed E-state index contributed by atoms with van der Waals surface area (Å²) < 4.78 is 0. The average Bonchev–Trinajstić information content (AvgIpc) is 2.46. The van der Waals surface area contributed by atoms with Gasteiger partial charge in [-0.25, -0.2) is 9.89 Å². The molecule has 3 N–H and O–H groups in total. The first-order chi connectivity index (χ1) is 9.74. The van der Waals surface area contributed by atoms with Crippen LogP contribution in [0.5, 0.6) is 0 Å². The molecule has 1 aromatic carbocycles. The van der Waals surface area contributed by atoms with Gasteiger partial charge in [0.1, 0.15) is 0 Å². The number of H-pyrrole nitrogens is 2. The van der Waals surface area contributed by atoms with Crippen LogP contribution in [0.1, 0.15) is 5.56 Å². The van der Waals surface area contributed by atoms with Crippen molar-refractivity contribution < 1.29 is 0 Å². The molecular formula is C13H11N5O2. The zero-order valence-corrected chi connectivity index (χ0v) is 10.4. The lowest BCUT2D eigenvalue weighted by Gasteiger charge is -2.06. The molecule has 7 heteroatoms. The third kappa shape index (κ3) is 2.28. The number of fused-ring (bicyclic) bond motifs is 1. The van der Waals surface area contributed by atoms with Gasteiger partial charge in [0.2, 0.25) is 5.82 Å². The highest BCUT2D eigenvalue weighted by molar-refractivity contribution is 5.81. The molecule has 0 bridgehead atoms. The molecule has 3 rings (SSSR count). The predicted octanol–water partition coefficient (Wildman–Crippen LogP) is 0.618. The number of para-hydroxylation sites is 1. The van der Waals surface area contributed by atoms with Crippen molar-refractivity contribution in [2.75, 3.05) is 5.32 Å². The Hall–Kier alpha value is -2.96. The second-order valence-electron chi connectivity index (χ2n) is 4.20. The zero-order valence-electron chi connectivity index (χ0n) is 10.4. The Bertz CT molecular complexity index is 863. The van der Waals surface area contributed by atoms with Gasteiger partial charge in [-0.2, -0.15) is 0 Å². The number of anilines is 1. The van der Waals surface area contributed by atoms with Crippen LogP contribution in [-0.4, -0.2) is 20.2 Å². The molecule has 0 fully saturated rings. The van der Waals surface area contributed by atoms with Crippen LogP contribution in [0.25, 0.3) is 10.9 Å². The topological polar surface area (TPSA) is 104 Å². The Kier molecular flexibility index (Phi) is 3.00. The number of rotatable bonds is 3. The van der Waals surface area contributed by atoms with E-state index in [0.717, 1.165) is 16.5 Å². The summed E-state index contributed by atoms with van der Waals surface area (Å²) in [5, 5.41) is 9.74. The predicted molar refractivity (Wildman–Crippen MR) is 74.5 cm³/mol. The Labute approximate surface area is 112 Å². The van der Waals surface area contributed by atoms with Gasteiger partial charge >= 0.3 is 5.69 Å². The number of nitrogens with one attached hydrogen (secondary N) is 3. The van der Waals surface area contributed by atoms with Crippen LogP contribution in [-0.2, 0) is 6.54 Å². The van der Waals surface area contributed by atoms with E-state index in [-0.39, 0.29) is 5.82 Å². The number of benzene rings is 1. The molecule has 0 saturated carbocycles. The van der Waals surface area contributed by atoms with E-state index in [1.165, 1.54) is 0 Å². The fraction of sp³-hybridized carbons (Fsp3) is 0.0769. The SMILES string of the molecule is O=c1[nH]nc(NCc2cccc3cccnc23)c(=O)[nH]1. The van der Waals surface area contributed by atoms with Crippen LogP contribution in [0.4, 0.5) is 5.82 Å². The van der Waals surface area contributed by atoms with E-state index in [0.29, 0.717) is 6.54 Å². The van der Waals surface area contributed by atoms with Gasteiger partial charge in [0.15, 0.2) is 0 Å². The number of aromatic amines is 2. The molecule has 0 unspecified atom stereocenters. The summed E-state index contributed by atoms with van der Waals surface area (Å²) in [6.07, 6.45) is 1.72. The lowest BCUT2D eigenvalue weighted by atomic mass is 10.1. The van der Waals surface area contributed by atoms with Crippen LogP contribution in [0.15, 0.2) is 46.1 Å². The van der Waals surface area contributed by atoms with Gasteiger partial charge in [0.05, 0.1) is 5.52 Å². The highest BCUT2D eigenvalue weighted by Gasteiger charge is 2.04. The molecule has 7 nitrogen and oxygen atoms in total. The Morgan fingerprint density at radius 2 is 2.00 bits per heavy atom. The van der Waals surface area contributed by atoms with Crippen molar-refractivity contribution in [1.82, 2.24) is 20.2 Å². The van der Waals surface area contributed by atoms with E-state index in [1.54, 1.807) is 6.20 Å². The van der Waals surface area contributed by atoms with E-state index >= 15 is 0 Å². The number of nitrogens with zero attached hydrogens (tertiary/aromatic N) is 2. The molecule has 0 aliphatic heterocycles. The van der Waals surface area contributed by atoms with Gasteiger partial charge in [-0.1, -0.05) is 24.3 Å². The lowest BCUT2D eigenvalue weighted by Crippen LogP contribution is -2.26. The highest BCUT2D eigenvalue weighted by Crippen LogP contribution is 2.16. The molecule has 0 radical (unpaired) electrons. The number of pyridine rings is 1. The van der Waals surface area contributed by atoms with Crippen LogP contribution in [0.2, 0.25) is 0 Å². The van der Waals surface area contributed by atoms with Gasteiger partial charge in [-0.05, 0) is 11.6 Å². The summed E-state index contributed by atoms with van der Waals surface area (Å²) in [5.74, 6) is 0.0672. The molecule has 20 heavy (non-hydrogen) atoms. The first kappa shape index (κ1) is 12.1. The van der Waals surface area contributed by atoms with Crippen molar-refractivity contribution in [1.29, 1.82) is 0 Å². The molecule has 0 amide bonds. The van der Waals surface area contributed by atoms with Crippen LogP contribution < -0.4 is 16.6 Å². The number of hydrogen-bond donors (Lipinski definition) is 3. The third-order valence-electron chi connectivity index (χ3n) is 2.87. The summed E-state index contributed by atoms with van der Waals surface area (Å²) in [7, 11) is 0. The van der Waals surface area contributed by atoms with Gasteiger partial charge in [-0.3, -0.25) is 14.8 Å². The van der Waals surface area contributed by atoms with Crippen molar-refractivity contribution in [2.45, 2.75) is 6.54 Å². The molecular weight excluding hydrogens is 258 g/mol. The zero-order chi connectivity index (χ0) is 13.9. The normalized spacial score (nSPS) is 10.6. The van der Waals surface area contributed by atoms with E-state index < -0.39 is 11.2 Å². The van der Waals surface area contributed by atoms with Crippen LogP contribution in [0, 0.1) is 0 Å². The molecule has 3 aromatic rings. The van der Waals surface area contributed by atoms with Crippen molar-refractivity contribution in [2.24, 2.45) is 0 Å². The lowest BCUT2D eigenvalue weighted by molar-refractivity contribution is 0.883. The summed E-state index contributed by atoms with van der Waals surface area (Å²) in [6.45, 7) is 0.385. The Balaban J connectivity index is 1.90. The van der Waals surface area contributed by atoms with Crippen molar-refractivity contribution in [3.8, 4) is 0 Å². The first-order valence-corrected chi connectivity index (χ1v) is 5.99. The molecule has 0 atom stereocenters. The minimum atomic E-state index is -0.632. The minimum absolute atomic E-state index is 0.0672. The molecule has 0 spiro atoms. The molecule has 2 aromatic heterocycles. The van der Waals surface area contributed by atoms with E-state index in [1.807, 2.05) is 30.3 Å². The summed E-state index contributed by atoms with van der Waals surface area (Å²) in [5.41, 5.74) is 0.619. The fourth-order valence-electron chi connectivity index (χ4n) is 1.96. The third-order valence-corrected chi connectivity index (χ3v) is 2.87. The molecule has 0 aliphatic rings. The maximum atomic E-state index is 11.5. The molecule has 0 aliphatic carbocycles. The fourth-order valence-corrected chi connectivity index (χ4v) is 1.96. The summed E-state index contributed by atoms with van der Waals surface area (Å²) >= 11 is 0. The Morgan fingerprint density at radius 3 is 2.85 bits per heavy atom. The van der Waals surface area contributed by atoms with E-state index in [2.05, 4.69) is 25.5 Å². The van der Waals surface area contributed by atoms with Gasteiger partial charge in [0, 0.05) is 18.1 Å².